The molecule has 2 aromatic heterocycles. The van der Waals surface area contributed by atoms with Gasteiger partial charge in [-0.2, -0.15) is 0 Å². The van der Waals surface area contributed by atoms with E-state index in [4.69, 9.17) is 0 Å². The second-order valence-electron chi connectivity index (χ2n) is 4.57. The zero-order valence-corrected chi connectivity index (χ0v) is 11.2. The van der Waals surface area contributed by atoms with Gasteiger partial charge in [-0.05, 0) is 19.5 Å². The van der Waals surface area contributed by atoms with Gasteiger partial charge >= 0.3 is 0 Å². The van der Waals surface area contributed by atoms with Gasteiger partial charge in [0.1, 0.15) is 0 Å². The fourth-order valence-electron chi connectivity index (χ4n) is 2.40. The molecule has 0 aromatic carbocycles. The molecule has 1 aliphatic rings. The van der Waals surface area contributed by atoms with Gasteiger partial charge in [0.05, 0.1) is 5.69 Å². The van der Waals surface area contributed by atoms with Crippen molar-refractivity contribution >= 4 is 18.2 Å². The van der Waals surface area contributed by atoms with Crippen LogP contribution in [0.3, 0.4) is 0 Å². The van der Waals surface area contributed by atoms with Gasteiger partial charge in [0.2, 0.25) is 5.78 Å². The third kappa shape index (κ3) is 2.63. The molecule has 98 valence electrons. The van der Waals surface area contributed by atoms with Crippen molar-refractivity contribution in [3.8, 4) is 0 Å². The second-order valence-corrected chi connectivity index (χ2v) is 4.57. The highest BCUT2D eigenvalue weighted by atomic mass is 35.5. The first-order valence-corrected chi connectivity index (χ1v) is 6.03. The lowest BCUT2D eigenvalue weighted by atomic mass is 10.3. The fraction of sp³-hybridized carbons (Fsp3) is 0.500. The lowest BCUT2D eigenvalue weighted by Crippen LogP contribution is -2.29. The molecule has 3 heterocycles. The lowest BCUT2D eigenvalue weighted by Gasteiger charge is -2.13. The molecule has 6 heteroatoms. The standard InChI is InChI=1S/C12H17N5.ClH/c1-13-10-3-6-16(7-10)8-11-9-17-5-2-4-14-12(17)15-11;/h2,4-5,9-10,13H,3,6-8H2,1H3;1H. The number of fused-ring (bicyclic) bond motifs is 1. The number of nitrogens with one attached hydrogen (secondary N) is 1. The largest absolute Gasteiger partial charge is 0.316 e. The van der Waals surface area contributed by atoms with Crippen LogP contribution in [-0.2, 0) is 6.54 Å². The summed E-state index contributed by atoms with van der Waals surface area (Å²) in [7, 11) is 2.03. The number of imidazole rings is 1. The van der Waals surface area contributed by atoms with E-state index >= 15 is 0 Å². The zero-order chi connectivity index (χ0) is 11.7. The van der Waals surface area contributed by atoms with Crippen LogP contribution in [0.2, 0.25) is 0 Å². The Morgan fingerprint density at radius 3 is 3.11 bits per heavy atom. The number of nitrogens with zero attached hydrogens (tertiary/aromatic N) is 4. The van der Waals surface area contributed by atoms with Crippen molar-refractivity contribution in [2.45, 2.75) is 19.0 Å². The number of likely N-dealkylation sites (tertiary alicyclic amines) is 1. The molecule has 0 radical (unpaired) electrons. The molecule has 1 atom stereocenters. The molecule has 1 N–H and O–H groups in total. The summed E-state index contributed by atoms with van der Waals surface area (Å²) in [6, 6.07) is 2.55. The maximum absolute atomic E-state index is 4.52. The number of aromatic nitrogens is 3. The van der Waals surface area contributed by atoms with E-state index in [-0.39, 0.29) is 12.4 Å². The van der Waals surface area contributed by atoms with Gasteiger partial charge in [-0.25, -0.2) is 9.97 Å². The molecular formula is C12H18ClN5. The summed E-state index contributed by atoms with van der Waals surface area (Å²) in [6.45, 7) is 3.17. The van der Waals surface area contributed by atoms with Crippen LogP contribution < -0.4 is 5.32 Å². The van der Waals surface area contributed by atoms with Crippen molar-refractivity contribution in [3.63, 3.8) is 0 Å². The van der Waals surface area contributed by atoms with Gasteiger partial charge in [-0.1, -0.05) is 0 Å². The van der Waals surface area contributed by atoms with Crippen molar-refractivity contribution in [3.05, 3.63) is 30.4 Å². The highest BCUT2D eigenvalue weighted by molar-refractivity contribution is 5.85. The quantitative estimate of drug-likeness (QED) is 0.899. The summed E-state index contributed by atoms with van der Waals surface area (Å²) in [5.74, 6) is 0.784. The predicted molar refractivity (Wildman–Crippen MR) is 73.0 cm³/mol. The van der Waals surface area contributed by atoms with E-state index in [2.05, 4.69) is 26.4 Å². The van der Waals surface area contributed by atoms with Crippen LogP contribution in [0.1, 0.15) is 12.1 Å². The summed E-state index contributed by atoms with van der Waals surface area (Å²) < 4.78 is 1.97. The highest BCUT2D eigenvalue weighted by Gasteiger charge is 2.21. The summed E-state index contributed by atoms with van der Waals surface area (Å²) in [4.78, 5) is 11.2. The Labute approximate surface area is 113 Å². The highest BCUT2D eigenvalue weighted by Crippen LogP contribution is 2.12. The van der Waals surface area contributed by atoms with Crippen LogP contribution in [0.4, 0.5) is 0 Å². The minimum Gasteiger partial charge on any atom is -0.316 e. The summed E-state index contributed by atoms with van der Waals surface area (Å²) in [5.41, 5.74) is 1.10. The molecule has 5 nitrogen and oxygen atoms in total. The average Bonchev–Trinajstić information content (AvgIpc) is 2.94. The minimum atomic E-state index is 0. The Kier molecular flexibility index (Phi) is 4.16. The van der Waals surface area contributed by atoms with Gasteiger partial charge in [-0.3, -0.25) is 9.30 Å². The van der Waals surface area contributed by atoms with Gasteiger partial charge < -0.3 is 5.32 Å². The third-order valence-corrected chi connectivity index (χ3v) is 3.35. The monoisotopic (exact) mass is 267 g/mol. The molecule has 0 bridgehead atoms. The van der Waals surface area contributed by atoms with E-state index in [0.717, 1.165) is 31.1 Å². The van der Waals surface area contributed by atoms with E-state index in [1.165, 1.54) is 6.42 Å². The van der Waals surface area contributed by atoms with E-state index < -0.39 is 0 Å². The third-order valence-electron chi connectivity index (χ3n) is 3.35. The Hall–Kier alpha value is -1.17. The molecule has 0 aliphatic carbocycles. The van der Waals surface area contributed by atoms with Crippen LogP contribution in [0.25, 0.3) is 5.78 Å². The van der Waals surface area contributed by atoms with Crippen LogP contribution in [-0.4, -0.2) is 45.4 Å². The fourth-order valence-corrected chi connectivity index (χ4v) is 2.40. The first-order chi connectivity index (χ1) is 8.35. The Morgan fingerprint density at radius 1 is 1.50 bits per heavy atom. The molecule has 1 aliphatic heterocycles. The Morgan fingerprint density at radius 2 is 2.39 bits per heavy atom. The zero-order valence-electron chi connectivity index (χ0n) is 10.4. The smallest absolute Gasteiger partial charge is 0.233 e. The number of hydrogen-bond acceptors (Lipinski definition) is 4. The average molecular weight is 268 g/mol. The first kappa shape index (κ1) is 13.3. The molecule has 1 saturated heterocycles. The van der Waals surface area contributed by atoms with Crippen LogP contribution in [0.15, 0.2) is 24.7 Å². The van der Waals surface area contributed by atoms with Crippen molar-refractivity contribution in [2.24, 2.45) is 0 Å². The number of likely N-dealkylation sites (N-methyl/N-ethyl adjacent to an activating group) is 1. The molecule has 2 aromatic rings. The van der Waals surface area contributed by atoms with E-state index in [0.29, 0.717) is 6.04 Å². The maximum atomic E-state index is 4.52. The molecule has 1 unspecified atom stereocenters. The maximum Gasteiger partial charge on any atom is 0.233 e. The van der Waals surface area contributed by atoms with Crippen molar-refractivity contribution in [1.29, 1.82) is 0 Å². The SMILES string of the molecule is CNC1CCN(Cc2cn3cccnc3n2)C1.Cl. The van der Waals surface area contributed by atoms with Gasteiger partial charge in [-0.15, -0.1) is 12.4 Å². The van der Waals surface area contributed by atoms with Crippen LogP contribution in [0.5, 0.6) is 0 Å². The topological polar surface area (TPSA) is 45.5 Å². The predicted octanol–water partition coefficient (Wildman–Crippen LogP) is 0.945. The Bertz CT molecular complexity index is 479. The Balaban J connectivity index is 0.00000120. The lowest BCUT2D eigenvalue weighted by molar-refractivity contribution is 0.319. The molecule has 0 spiro atoms. The van der Waals surface area contributed by atoms with Gasteiger partial charge in [0.15, 0.2) is 0 Å². The van der Waals surface area contributed by atoms with Crippen molar-refractivity contribution in [1.82, 2.24) is 24.6 Å². The van der Waals surface area contributed by atoms with E-state index in [9.17, 15) is 0 Å². The van der Waals surface area contributed by atoms with Gasteiger partial charge in [0.25, 0.3) is 0 Å². The van der Waals surface area contributed by atoms with Crippen molar-refractivity contribution in [2.75, 3.05) is 20.1 Å². The second kappa shape index (κ2) is 5.65. The summed E-state index contributed by atoms with van der Waals surface area (Å²) >= 11 is 0. The first-order valence-electron chi connectivity index (χ1n) is 6.03. The number of halogens is 1. The van der Waals surface area contributed by atoms with Gasteiger partial charge in [0, 0.05) is 44.3 Å². The summed E-state index contributed by atoms with van der Waals surface area (Å²) in [6.07, 6.45) is 7.05. The molecule has 18 heavy (non-hydrogen) atoms. The molecule has 3 rings (SSSR count). The van der Waals surface area contributed by atoms with Crippen LogP contribution >= 0.6 is 12.4 Å². The molecule has 0 amide bonds. The molecular weight excluding hydrogens is 250 g/mol. The summed E-state index contributed by atoms with van der Waals surface area (Å²) in [5, 5.41) is 3.33. The minimum absolute atomic E-state index is 0. The molecule has 0 saturated carbocycles. The van der Waals surface area contributed by atoms with Crippen molar-refractivity contribution < 1.29 is 0 Å². The van der Waals surface area contributed by atoms with Crippen LogP contribution in [0, 0.1) is 0 Å². The van der Waals surface area contributed by atoms with E-state index in [1.54, 1.807) is 6.20 Å². The molecule has 1 fully saturated rings. The normalized spacial score (nSPS) is 20.2. The van der Waals surface area contributed by atoms with E-state index in [1.807, 2.05) is 23.7 Å². The number of hydrogen-bond donors (Lipinski definition) is 1. The number of rotatable bonds is 3.